The standard InChI is InChI=1S/C15H10O3.C2H4O2/c16-14-12-7-6-11(9-13(12)15(17)18-14)8-10-4-2-1-3-5-10;1-4-2-3/h1-7,9H,8H2;2H,1H3. The van der Waals surface area contributed by atoms with Gasteiger partial charge in [0, 0.05) is 0 Å². The van der Waals surface area contributed by atoms with Crippen LogP contribution in [0.25, 0.3) is 0 Å². The number of hydrogen-bond acceptors (Lipinski definition) is 5. The minimum atomic E-state index is -0.554. The molecule has 1 heterocycles. The van der Waals surface area contributed by atoms with Crippen molar-refractivity contribution in [2.45, 2.75) is 6.42 Å². The highest BCUT2D eigenvalue weighted by molar-refractivity contribution is 6.14. The van der Waals surface area contributed by atoms with Crippen molar-refractivity contribution in [1.82, 2.24) is 0 Å². The molecule has 0 atom stereocenters. The first-order valence-electron chi connectivity index (χ1n) is 6.55. The second-order valence-corrected chi connectivity index (χ2v) is 4.55. The quantitative estimate of drug-likeness (QED) is 0.494. The third-order valence-corrected chi connectivity index (χ3v) is 3.06. The molecule has 1 aliphatic heterocycles. The van der Waals surface area contributed by atoms with E-state index >= 15 is 0 Å². The Bertz CT molecular complexity index is 691. The molecule has 0 saturated heterocycles. The summed E-state index contributed by atoms with van der Waals surface area (Å²) < 4.78 is 8.42. The molecule has 0 bridgehead atoms. The Balaban J connectivity index is 0.000000396. The van der Waals surface area contributed by atoms with E-state index in [4.69, 9.17) is 4.79 Å². The molecule has 0 unspecified atom stereocenters. The highest BCUT2D eigenvalue weighted by Crippen LogP contribution is 2.22. The molecule has 0 amide bonds. The number of carbonyl (C=O) groups is 3. The van der Waals surface area contributed by atoms with Crippen molar-refractivity contribution in [2.24, 2.45) is 0 Å². The Morgan fingerprint density at radius 1 is 0.955 bits per heavy atom. The molecule has 2 aromatic rings. The number of fused-ring (bicyclic) bond motifs is 1. The molecule has 0 fully saturated rings. The topological polar surface area (TPSA) is 69.7 Å². The van der Waals surface area contributed by atoms with E-state index in [0.29, 0.717) is 17.6 Å². The fourth-order valence-electron chi connectivity index (χ4n) is 2.07. The Hall–Kier alpha value is -2.95. The van der Waals surface area contributed by atoms with E-state index in [2.05, 4.69) is 9.47 Å². The summed E-state index contributed by atoms with van der Waals surface area (Å²) in [6.45, 7) is 0.375. The summed E-state index contributed by atoms with van der Waals surface area (Å²) >= 11 is 0. The molecule has 1 aliphatic rings. The molecule has 112 valence electrons. The summed E-state index contributed by atoms with van der Waals surface area (Å²) in [5.74, 6) is -1.11. The second-order valence-electron chi connectivity index (χ2n) is 4.55. The van der Waals surface area contributed by atoms with Crippen LogP contribution < -0.4 is 0 Å². The summed E-state index contributed by atoms with van der Waals surface area (Å²) in [5, 5.41) is 0. The van der Waals surface area contributed by atoms with Gasteiger partial charge < -0.3 is 9.47 Å². The van der Waals surface area contributed by atoms with E-state index in [1.807, 2.05) is 36.4 Å². The average Bonchev–Trinajstić information content (AvgIpc) is 2.83. The van der Waals surface area contributed by atoms with Crippen molar-refractivity contribution in [3.63, 3.8) is 0 Å². The van der Waals surface area contributed by atoms with E-state index in [1.165, 1.54) is 7.11 Å². The molecule has 0 N–H and O–H groups in total. The van der Waals surface area contributed by atoms with Crippen molar-refractivity contribution in [1.29, 1.82) is 0 Å². The van der Waals surface area contributed by atoms with E-state index in [1.54, 1.807) is 12.1 Å². The lowest BCUT2D eigenvalue weighted by Gasteiger charge is -2.02. The van der Waals surface area contributed by atoms with E-state index in [-0.39, 0.29) is 0 Å². The first kappa shape index (κ1) is 15.4. The predicted octanol–water partition coefficient (Wildman–Crippen LogP) is 2.38. The van der Waals surface area contributed by atoms with Gasteiger partial charge in [0.05, 0.1) is 18.2 Å². The van der Waals surface area contributed by atoms with Gasteiger partial charge in [-0.2, -0.15) is 0 Å². The van der Waals surface area contributed by atoms with Crippen LogP contribution in [0, 0.1) is 0 Å². The lowest BCUT2D eigenvalue weighted by molar-refractivity contribution is -0.126. The van der Waals surface area contributed by atoms with E-state index in [9.17, 15) is 9.59 Å². The first-order chi connectivity index (χ1) is 10.7. The third kappa shape index (κ3) is 3.58. The molecule has 0 aromatic heterocycles. The Labute approximate surface area is 127 Å². The summed E-state index contributed by atoms with van der Waals surface area (Å²) in [6.07, 6.45) is 0.732. The molecule has 0 saturated carbocycles. The predicted molar refractivity (Wildman–Crippen MR) is 78.5 cm³/mol. The Morgan fingerprint density at radius 2 is 1.59 bits per heavy atom. The average molecular weight is 298 g/mol. The van der Waals surface area contributed by atoms with Gasteiger partial charge in [0.15, 0.2) is 0 Å². The van der Waals surface area contributed by atoms with Gasteiger partial charge >= 0.3 is 11.9 Å². The Morgan fingerprint density at radius 3 is 2.23 bits per heavy atom. The van der Waals surface area contributed by atoms with Crippen LogP contribution in [0.5, 0.6) is 0 Å². The van der Waals surface area contributed by atoms with Crippen LogP contribution in [0.2, 0.25) is 0 Å². The molecular formula is C17H14O5. The first-order valence-corrected chi connectivity index (χ1v) is 6.55. The van der Waals surface area contributed by atoms with Crippen LogP contribution in [0.4, 0.5) is 0 Å². The van der Waals surface area contributed by atoms with E-state index < -0.39 is 11.9 Å². The van der Waals surface area contributed by atoms with Crippen molar-refractivity contribution in [2.75, 3.05) is 7.11 Å². The molecule has 0 spiro atoms. The van der Waals surface area contributed by atoms with Gasteiger partial charge in [0.25, 0.3) is 6.47 Å². The number of methoxy groups -OCH3 is 1. The molecule has 2 aromatic carbocycles. The van der Waals surface area contributed by atoms with Gasteiger partial charge in [-0.15, -0.1) is 0 Å². The van der Waals surface area contributed by atoms with Crippen molar-refractivity contribution in [3.05, 3.63) is 70.8 Å². The minimum Gasteiger partial charge on any atom is -0.471 e. The number of benzene rings is 2. The van der Waals surface area contributed by atoms with Crippen molar-refractivity contribution < 1.29 is 23.9 Å². The third-order valence-electron chi connectivity index (χ3n) is 3.06. The zero-order valence-corrected chi connectivity index (χ0v) is 11.9. The smallest absolute Gasteiger partial charge is 0.346 e. The maximum absolute atomic E-state index is 11.4. The van der Waals surface area contributed by atoms with Crippen molar-refractivity contribution >= 4 is 18.4 Å². The molecule has 5 nitrogen and oxygen atoms in total. The van der Waals surface area contributed by atoms with Gasteiger partial charge in [-0.1, -0.05) is 36.4 Å². The van der Waals surface area contributed by atoms with Crippen molar-refractivity contribution in [3.8, 4) is 0 Å². The number of cyclic esters (lactones) is 2. The van der Waals surface area contributed by atoms with Crippen LogP contribution in [0.15, 0.2) is 48.5 Å². The van der Waals surface area contributed by atoms with Gasteiger partial charge in [-0.25, -0.2) is 9.59 Å². The second kappa shape index (κ2) is 7.17. The number of carbonyl (C=O) groups excluding carboxylic acids is 3. The molecular weight excluding hydrogens is 284 g/mol. The van der Waals surface area contributed by atoms with Crippen LogP contribution in [-0.4, -0.2) is 25.5 Å². The maximum Gasteiger partial charge on any atom is 0.346 e. The molecule has 0 radical (unpaired) electrons. The molecule has 5 heteroatoms. The van der Waals surface area contributed by atoms with Gasteiger partial charge in [0.1, 0.15) is 0 Å². The number of ether oxygens (including phenoxy) is 2. The molecule has 22 heavy (non-hydrogen) atoms. The number of esters is 2. The van der Waals surface area contributed by atoms with E-state index in [0.717, 1.165) is 17.5 Å². The zero-order chi connectivity index (χ0) is 15.9. The highest BCUT2D eigenvalue weighted by atomic mass is 16.6. The molecule has 3 rings (SSSR count). The lowest BCUT2D eigenvalue weighted by Crippen LogP contribution is -1.97. The van der Waals surface area contributed by atoms with Gasteiger partial charge in [0.2, 0.25) is 0 Å². The van der Waals surface area contributed by atoms with Crippen LogP contribution in [0.3, 0.4) is 0 Å². The number of hydrogen-bond donors (Lipinski definition) is 0. The fraction of sp³-hybridized carbons (Fsp3) is 0.118. The highest BCUT2D eigenvalue weighted by Gasteiger charge is 2.29. The number of rotatable bonds is 3. The van der Waals surface area contributed by atoms with Crippen LogP contribution in [0.1, 0.15) is 31.8 Å². The van der Waals surface area contributed by atoms with Gasteiger partial charge in [-0.3, -0.25) is 4.79 Å². The molecule has 0 aliphatic carbocycles. The van der Waals surface area contributed by atoms with Crippen LogP contribution in [-0.2, 0) is 20.7 Å². The summed E-state index contributed by atoms with van der Waals surface area (Å²) in [4.78, 5) is 31.7. The van der Waals surface area contributed by atoms with Crippen LogP contribution >= 0.6 is 0 Å². The largest absolute Gasteiger partial charge is 0.471 e. The normalized spacial score (nSPS) is 11.9. The maximum atomic E-state index is 11.4. The zero-order valence-electron chi connectivity index (χ0n) is 11.9. The summed E-state index contributed by atoms with van der Waals surface area (Å²) in [5.41, 5.74) is 2.88. The summed E-state index contributed by atoms with van der Waals surface area (Å²) in [6, 6.07) is 15.2. The monoisotopic (exact) mass is 298 g/mol. The minimum absolute atomic E-state index is 0.358. The Kier molecular flexibility index (Phi) is 5.03. The fourth-order valence-corrected chi connectivity index (χ4v) is 2.07. The lowest BCUT2D eigenvalue weighted by atomic mass is 10.0. The van der Waals surface area contributed by atoms with Gasteiger partial charge in [-0.05, 0) is 29.7 Å². The summed E-state index contributed by atoms with van der Waals surface area (Å²) in [7, 11) is 1.31. The SMILES string of the molecule is COC=O.O=C1OC(=O)c2cc(Cc3ccccc3)ccc21.